The van der Waals surface area contributed by atoms with Crippen LogP contribution in [0.4, 0.5) is 4.39 Å². The Bertz CT molecular complexity index is 444. The average molecular weight is 237 g/mol. The second kappa shape index (κ2) is 5.14. The van der Waals surface area contributed by atoms with E-state index in [9.17, 15) is 4.39 Å². The minimum atomic E-state index is -0.279. The SMILES string of the molecule is CNC(Cc1nccs1)c1ccncc1F. The minimum absolute atomic E-state index is 0.0610. The van der Waals surface area contributed by atoms with Crippen LogP contribution in [0.15, 0.2) is 30.0 Å². The van der Waals surface area contributed by atoms with E-state index in [-0.39, 0.29) is 11.9 Å². The van der Waals surface area contributed by atoms with Crippen molar-refractivity contribution in [2.75, 3.05) is 7.05 Å². The Labute approximate surface area is 97.4 Å². The van der Waals surface area contributed by atoms with Gasteiger partial charge in [-0.1, -0.05) is 0 Å². The van der Waals surface area contributed by atoms with Gasteiger partial charge in [0.05, 0.1) is 11.2 Å². The molecule has 0 saturated heterocycles. The lowest BCUT2D eigenvalue weighted by molar-refractivity contribution is 0.529. The summed E-state index contributed by atoms with van der Waals surface area (Å²) in [6.45, 7) is 0. The van der Waals surface area contributed by atoms with Crippen LogP contribution in [0.2, 0.25) is 0 Å². The number of pyridine rings is 1. The molecule has 2 heterocycles. The highest BCUT2D eigenvalue weighted by Gasteiger charge is 2.15. The zero-order valence-corrected chi connectivity index (χ0v) is 9.67. The Balaban J connectivity index is 2.20. The third kappa shape index (κ3) is 2.43. The van der Waals surface area contributed by atoms with Gasteiger partial charge in [0.1, 0.15) is 5.82 Å². The highest BCUT2D eigenvalue weighted by atomic mass is 32.1. The third-order valence-corrected chi connectivity index (χ3v) is 3.19. The van der Waals surface area contributed by atoms with E-state index < -0.39 is 0 Å². The van der Waals surface area contributed by atoms with Crippen LogP contribution in [0.1, 0.15) is 16.6 Å². The van der Waals surface area contributed by atoms with Crippen LogP contribution in [-0.4, -0.2) is 17.0 Å². The lowest BCUT2D eigenvalue weighted by atomic mass is 10.1. The van der Waals surface area contributed by atoms with Gasteiger partial charge in [-0.05, 0) is 13.1 Å². The summed E-state index contributed by atoms with van der Waals surface area (Å²) >= 11 is 1.58. The molecule has 0 spiro atoms. The summed E-state index contributed by atoms with van der Waals surface area (Å²) < 4.78 is 13.5. The smallest absolute Gasteiger partial charge is 0.146 e. The number of likely N-dealkylation sites (N-methyl/N-ethyl adjacent to an activating group) is 1. The number of rotatable bonds is 4. The van der Waals surface area contributed by atoms with E-state index in [0.29, 0.717) is 12.0 Å². The Morgan fingerprint density at radius 2 is 2.38 bits per heavy atom. The number of nitrogens with zero attached hydrogens (tertiary/aromatic N) is 2. The molecule has 0 bridgehead atoms. The van der Waals surface area contributed by atoms with Crippen molar-refractivity contribution < 1.29 is 4.39 Å². The fourth-order valence-corrected chi connectivity index (χ4v) is 2.23. The molecule has 84 valence electrons. The van der Waals surface area contributed by atoms with E-state index in [2.05, 4.69) is 15.3 Å². The van der Waals surface area contributed by atoms with Crippen LogP contribution in [-0.2, 0) is 6.42 Å². The topological polar surface area (TPSA) is 37.8 Å². The fourth-order valence-electron chi connectivity index (χ4n) is 1.56. The molecule has 0 aliphatic rings. The van der Waals surface area contributed by atoms with E-state index >= 15 is 0 Å². The van der Waals surface area contributed by atoms with Crippen LogP contribution in [0.5, 0.6) is 0 Å². The van der Waals surface area contributed by atoms with Crippen molar-refractivity contribution in [3.8, 4) is 0 Å². The van der Waals surface area contributed by atoms with Gasteiger partial charge in [-0.25, -0.2) is 9.37 Å². The Morgan fingerprint density at radius 3 is 3.00 bits per heavy atom. The van der Waals surface area contributed by atoms with Crippen molar-refractivity contribution in [2.24, 2.45) is 0 Å². The van der Waals surface area contributed by atoms with Crippen molar-refractivity contribution in [1.29, 1.82) is 0 Å². The molecule has 0 aromatic carbocycles. The van der Waals surface area contributed by atoms with Gasteiger partial charge in [0.2, 0.25) is 0 Å². The van der Waals surface area contributed by atoms with E-state index in [1.807, 2.05) is 12.4 Å². The monoisotopic (exact) mass is 237 g/mol. The van der Waals surface area contributed by atoms with Crippen molar-refractivity contribution in [3.63, 3.8) is 0 Å². The molecule has 0 aliphatic carbocycles. The summed E-state index contributed by atoms with van der Waals surface area (Å²) in [5.41, 5.74) is 0.632. The second-order valence-electron chi connectivity index (χ2n) is 3.37. The first-order valence-corrected chi connectivity index (χ1v) is 5.84. The predicted octanol–water partition coefficient (Wildman–Crippen LogP) is 2.18. The summed E-state index contributed by atoms with van der Waals surface area (Å²) in [5.74, 6) is -0.279. The number of hydrogen-bond acceptors (Lipinski definition) is 4. The maximum atomic E-state index is 13.5. The Morgan fingerprint density at radius 1 is 1.50 bits per heavy atom. The van der Waals surface area contributed by atoms with Gasteiger partial charge in [0.15, 0.2) is 0 Å². The van der Waals surface area contributed by atoms with Crippen LogP contribution in [0.25, 0.3) is 0 Å². The number of nitrogens with one attached hydrogen (secondary N) is 1. The van der Waals surface area contributed by atoms with Crippen molar-refractivity contribution in [1.82, 2.24) is 15.3 Å². The number of thiazole rings is 1. The molecule has 16 heavy (non-hydrogen) atoms. The molecule has 2 aromatic heterocycles. The van der Waals surface area contributed by atoms with Gasteiger partial charge in [-0.2, -0.15) is 0 Å². The van der Waals surface area contributed by atoms with E-state index in [1.165, 1.54) is 6.20 Å². The van der Waals surface area contributed by atoms with Crippen LogP contribution >= 0.6 is 11.3 Å². The summed E-state index contributed by atoms with van der Waals surface area (Å²) in [6, 6.07) is 1.64. The zero-order chi connectivity index (χ0) is 11.4. The van der Waals surface area contributed by atoms with Crippen LogP contribution in [0, 0.1) is 5.82 Å². The van der Waals surface area contributed by atoms with Gasteiger partial charge >= 0.3 is 0 Å². The molecule has 5 heteroatoms. The molecular weight excluding hydrogens is 225 g/mol. The molecule has 0 saturated carbocycles. The molecule has 2 aromatic rings. The molecule has 2 rings (SSSR count). The molecule has 0 amide bonds. The van der Waals surface area contributed by atoms with Gasteiger partial charge in [0.25, 0.3) is 0 Å². The zero-order valence-electron chi connectivity index (χ0n) is 8.85. The Kier molecular flexibility index (Phi) is 3.58. The number of hydrogen-bond donors (Lipinski definition) is 1. The first-order chi connectivity index (χ1) is 7.81. The first kappa shape index (κ1) is 11.2. The molecular formula is C11H12FN3S. The standard InChI is InChI=1S/C11H12FN3S/c1-13-10(6-11-15-4-5-16-11)8-2-3-14-7-9(8)12/h2-5,7,10,13H,6H2,1H3. The summed E-state index contributed by atoms with van der Waals surface area (Å²) in [4.78, 5) is 7.94. The largest absolute Gasteiger partial charge is 0.313 e. The molecule has 0 aliphatic heterocycles. The normalized spacial score (nSPS) is 12.6. The molecule has 3 nitrogen and oxygen atoms in total. The average Bonchev–Trinajstić information content (AvgIpc) is 2.80. The van der Waals surface area contributed by atoms with Crippen LogP contribution < -0.4 is 5.32 Å². The maximum Gasteiger partial charge on any atom is 0.146 e. The lowest BCUT2D eigenvalue weighted by Crippen LogP contribution is -2.20. The maximum absolute atomic E-state index is 13.5. The molecule has 1 unspecified atom stereocenters. The third-order valence-electron chi connectivity index (χ3n) is 2.39. The molecule has 0 fully saturated rings. The van der Waals surface area contributed by atoms with Gasteiger partial charge in [-0.15, -0.1) is 11.3 Å². The highest BCUT2D eigenvalue weighted by molar-refractivity contribution is 7.09. The van der Waals surface area contributed by atoms with Crippen molar-refractivity contribution in [3.05, 3.63) is 46.4 Å². The van der Waals surface area contributed by atoms with Crippen molar-refractivity contribution in [2.45, 2.75) is 12.5 Å². The number of aromatic nitrogens is 2. The van der Waals surface area contributed by atoms with E-state index in [1.54, 1.807) is 29.8 Å². The van der Waals surface area contributed by atoms with Gasteiger partial charge in [-0.3, -0.25) is 4.98 Å². The van der Waals surface area contributed by atoms with Gasteiger partial charge < -0.3 is 5.32 Å². The summed E-state index contributed by atoms with van der Waals surface area (Å²) in [6.07, 6.45) is 5.29. The fraction of sp³-hybridized carbons (Fsp3) is 0.273. The van der Waals surface area contributed by atoms with Crippen molar-refractivity contribution >= 4 is 11.3 Å². The summed E-state index contributed by atoms with van der Waals surface area (Å²) in [5, 5.41) is 6.01. The highest BCUT2D eigenvalue weighted by Crippen LogP contribution is 2.20. The molecule has 1 atom stereocenters. The molecule has 1 N–H and O–H groups in total. The minimum Gasteiger partial charge on any atom is -0.313 e. The molecule has 0 radical (unpaired) electrons. The van der Waals surface area contributed by atoms with Crippen LogP contribution in [0.3, 0.4) is 0 Å². The van der Waals surface area contributed by atoms with E-state index in [0.717, 1.165) is 5.01 Å². The number of halogens is 1. The lowest BCUT2D eigenvalue weighted by Gasteiger charge is -2.15. The summed E-state index contributed by atoms with van der Waals surface area (Å²) in [7, 11) is 1.82. The quantitative estimate of drug-likeness (QED) is 0.885. The predicted molar refractivity (Wildman–Crippen MR) is 61.8 cm³/mol. The Hall–Kier alpha value is -1.33. The first-order valence-electron chi connectivity index (χ1n) is 4.96. The second-order valence-corrected chi connectivity index (χ2v) is 4.35. The van der Waals surface area contributed by atoms with E-state index in [4.69, 9.17) is 0 Å². The van der Waals surface area contributed by atoms with Gasteiger partial charge in [0, 0.05) is 35.8 Å².